The van der Waals surface area contributed by atoms with E-state index in [1.807, 2.05) is 16.9 Å². The van der Waals surface area contributed by atoms with Crippen LogP contribution in [0.4, 0.5) is 0 Å². The Kier molecular flexibility index (Phi) is 13.0. The number of aliphatic imine (C=N–C) groups is 1. The van der Waals surface area contributed by atoms with Crippen LogP contribution in [0.1, 0.15) is 87.8 Å². The molecule has 240 valence electrons. The maximum Gasteiger partial charge on any atom is 0.302 e. The lowest BCUT2D eigenvalue weighted by Gasteiger charge is -2.26. The third-order valence-corrected chi connectivity index (χ3v) is 11.0. The monoisotopic (exact) mass is 636 g/mol. The summed E-state index contributed by atoms with van der Waals surface area (Å²) in [6.45, 7) is 2.79. The Bertz CT molecular complexity index is 1130. The number of benzene rings is 1. The summed E-state index contributed by atoms with van der Waals surface area (Å²) in [6.07, 6.45) is 8.26. The van der Waals surface area contributed by atoms with Crippen molar-refractivity contribution >= 4 is 39.4 Å². The number of hydrogen-bond acceptors (Lipinski definition) is 9. The number of carbonyl (C=O) groups is 2. The van der Waals surface area contributed by atoms with Crippen LogP contribution in [0.25, 0.3) is 0 Å². The van der Waals surface area contributed by atoms with E-state index in [-0.39, 0.29) is 42.1 Å². The van der Waals surface area contributed by atoms with E-state index in [1.165, 1.54) is 6.92 Å². The van der Waals surface area contributed by atoms with E-state index in [1.54, 1.807) is 15.7 Å². The molecule has 0 unspecified atom stereocenters. The van der Waals surface area contributed by atoms with Crippen molar-refractivity contribution in [2.45, 2.75) is 109 Å². The first-order chi connectivity index (χ1) is 20.7. The average molecular weight is 637 g/mol. The molecule has 0 spiro atoms. The number of carbonyl (C=O) groups excluding carboxylic acids is 2. The summed E-state index contributed by atoms with van der Waals surface area (Å²) in [5.41, 5.74) is 14.1. The van der Waals surface area contributed by atoms with Gasteiger partial charge in [-0.15, -0.1) is 0 Å². The third-order valence-electron chi connectivity index (χ3n) is 8.40. The van der Waals surface area contributed by atoms with Crippen molar-refractivity contribution in [2.24, 2.45) is 22.4 Å². The molecule has 1 aromatic carbocycles. The minimum absolute atomic E-state index is 0.0495. The summed E-state index contributed by atoms with van der Waals surface area (Å²) in [5, 5.41) is 22.0. The number of aliphatic hydroxyl groups excluding tert-OH is 1. The fourth-order valence-electron chi connectivity index (χ4n) is 6.40. The Morgan fingerprint density at radius 1 is 1.09 bits per heavy atom. The number of rotatable bonds is 2. The van der Waals surface area contributed by atoms with E-state index in [4.69, 9.17) is 20.9 Å². The molecule has 1 amide bonds. The molecule has 1 saturated heterocycles. The van der Waals surface area contributed by atoms with Gasteiger partial charge in [0.2, 0.25) is 5.91 Å². The number of esters is 1. The molecular weight excluding hydrogens is 588 g/mol. The van der Waals surface area contributed by atoms with Crippen LogP contribution in [0.3, 0.4) is 0 Å². The fourth-order valence-corrected chi connectivity index (χ4v) is 8.77. The van der Waals surface area contributed by atoms with Crippen molar-refractivity contribution in [2.75, 3.05) is 24.7 Å². The zero-order chi connectivity index (χ0) is 30.8. The van der Waals surface area contributed by atoms with Gasteiger partial charge in [0.15, 0.2) is 17.5 Å². The lowest BCUT2D eigenvalue weighted by atomic mass is 9.91. The Labute approximate surface area is 263 Å². The largest absolute Gasteiger partial charge is 0.504 e. The zero-order valence-electron chi connectivity index (χ0n) is 25.3. The SMILES string of the molecule is CC(=O)O[C@@H]1CCc2cc(c(O)c3c2CCCO3)CN2C[C@@H](CC2=O)C[C@@H](N=C(N)N)CSSCCCCCC[C@H](O)C1. The number of ether oxygens (including phenoxy) is 2. The van der Waals surface area contributed by atoms with Crippen LogP contribution in [0.15, 0.2) is 11.1 Å². The predicted octanol–water partition coefficient (Wildman–Crippen LogP) is 4.06. The number of aromatic hydroxyl groups is 1. The lowest BCUT2D eigenvalue weighted by molar-refractivity contribution is -0.148. The van der Waals surface area contributed by atoms with Gasteiger partial charge in [0.25, 0.3) is 0 Å². The second-order valence-electron chi connectivity index (χ2n) is 12.1. The summed E-state index contributed by atoms with van der Waals surface area (Å²) in [5.74, 6) is 2.28. The summed E-state index contributed by atoms with van der Waals surface area (Å²) < 4.78 is 11.6. The number of guanidine groups is 1. The van der Waals surface area contributed by atoms with Gasteiger partial charge in [-0.3, -0.25) is 9.59 Å². The van der Waals surface area contributed by atoms with Gasteiger partial charge in [0.05, 0.1) is 18.8 Å². The quantitative estimate of drug-likeness (QED) is 0.161. The van der Waals surface area contributed by atoms with Crippen LogP contribution in [0, 0.1) is 5.92 Å². The summed E-state index contributed by atoms with van der Waals surface area (Å²) in [6, 6.07) is 1.92. The zero-order valence-corrected chi connectivity index (χ0v) is 26.9. The molecule has 1 fully saturated rings. The summed E-state index contributed by atoms with van der Waals surface area (Å²) in [4.78, 5) is 31.3. The van der Waals surface area contributed by atoms with Gasteiger partial charge in [-0.25, -0.2) is 4.99 Å². The molecule has 0 saturated carbocycles. The van der Waals surface area contributed by atoms with E-state index in [9.17, 15) is 19.8 Å². The first-order valence-electron chi connectivity index (χ1n) is 15.6. The van der Waals surface area contributed by atoms with Crippen molar-refractivity contribution < 1.29 is 29.3 Å². The minimum Gasteiger partial charge on any atom is -0.504 e. The molecule has 0 aliphatic carbocycles. The van der Waals surface area contributed by atoms with Crippen molar-refractivity contribution in [3.05, 3.63) is 22.8 Å². The first-order valence-corrected chi connectivity index (χ1v) is 18.1. The number of nitrogens with zero attached hydrogens (tertiary/aromatic N) is 2. The van der Waals surface area contributed by atoms with Crippen LogP contribution in [0.2, 0.25) is 0 Å². The smallest absolute Gasteiger partial charge is 0.302 e. The molecule has 3 heterocycles. The Hall–Kier alpha value is -2.31. The second kappa shape index (κ2) is 16.7. The van der Waals surface area contributed by atoms with Crippen LogP contribution in [-0.4, -0.2) is 75.9 Å². The maximum atomic E-state index is 13.1. The number of phenols is 1. The Balaban J connectivity index is 1.56. The van der Waals surface area contributed by atoms with Crippen LogP contribution in [0.5, 0.6) is 11.5 Å². The maximum absolute atomic E-state index is 13.1. The lowest BCUT2D eigenvalue weighted by Crippen LogP contribution is -2.28. The van der Waals surface area contributed by atoms with Crippen LogP contribution >= 0.6 is 21.6 Å². The van der Waals surface area contributed by atoms with Crippen molar-refractivity contribution in [3.8, 4) is 11.5 Å². The molecule has 10 nitrogen and oxygen atoms in total. The van der Waals surface area contributed by atoms with Gasteiger partial charge in [0.1, 0.15) is 6.10 Å². The van der Waals surface area contributed by atoms with Gasteiger partial charge in [-0.05, 0) is 62.5 Å². The second-order valence-corrected chi connectivity index (χ2v) is 14.7. The normalized spacial score (nSPS) is 26.6. The van der Waals surface area contributed by atoms with E-state index in [0.29, 0.717) is 56.6 Å². The van der Waals surface area contributed by atoms with Crippen molar-refractivity contribution in [3.63, 3.8) is 0 Å². The number of aliphatic hydroxyl groups is 1. The van der Waals surface area contributed by atoms with Crippen LogP contribution < -0.4 is 16.2 Å². The van der Waals surface area contributed by atoms with E-state index >= 15 is 0 Å². The molecule has 12 heteroatoms. The van der Waals surface area contributed by atoms with Gasteiger partial charge in [-0.2, -0.15) is 0 Å². The summed E-state index contributed by atoms with van der Waals surface area (Å²) in [7, 11) is 3.59. The highest BCUT2D eigenvalue weighted by atomic mass is 33.1. The Morgan fingerprint density at radius 3 is 2.70 bits per heavy atom. The molecule has 43 heavy (non-hydrogen) atoms. The van der Waals surface area contributed by atoms with E-state index in [0.717, 1.165) is 67.6 Å². The number of hydrogen-bond donors (Lipinski definition) is 4. The van der Waals surface area contributed by atoms with Crippen molar-refractivity contribution in [1.29, 1.82) is 0 Å². The Morgan fingerprint density at radius 2 is 1.91 bits per heavy atom. The number of fused-ring (bicyclic) bond motifs is 6. The van der Waals surface area contributed by atoms with Gasteiger partial charge in [-0.1, -0.05) is 40.9 Å². The molecule has 3 aliphatic heterocycles. The van der Waals surface area contributed by atoms with E-state index in [2.05, 4.69) is 4.99 Å². The molecule has 4 rings (SSSR count). The number of amides is 1. The topological polar surface area (TPSA) is 161 Å². The summed E-state index contributed by atoms with van der Waals surface area (Å²) >= 11 is 0. The predicted molar refractivity (Wildman–Crippen MR) is 172 cm³/mol. The molecule has 4 atom stereocenters. The minimum atomic E-state index is -0.537. The fraction of sp³-hybridized carbons (Fsp3) is 0.710. The molecule has 3 aliphatic rings. The highest BCUT2D eigenvalue weighted by molar-refractivity contribution is 8.76. The first kappa shape index (κ1) is 33.6. The molecule has 6 N–H and O–H groups in total. The van der Waals surface area contributed by atoms with E-state index < -0.39 is 12.2 Å². The highest BCUT2D eigenvalue weighted by Crippen LogP contribution is 2.41. The molecule has 0 aromatic heterocycles. The van der Waals surface area contributed by atoms with Crippen LogP contribution in [-0.2, 0) is 33.7 Å². The molecule has 4 bridgehead atoms. The van der Waals surface area contributed by atoms with Crippen molar-refractivity contribution in [1.82, 2.24) is 4.90 Å². The standard InChI is InChI=1S/C31H48N4O6S2/c1-20(36)41-26-10-9-22-15-23(29(39)30-27(22)8-6-11-40-30)18-35-17-21(14-28(35)38)13-24(34-31(32)33)19-43-42-12-5-3-2-4-7-25(37)16-26/h15,21,24-26,37,39H,2-14,16-19H2,1H3,(H4,32,33,34)/t21-,24-,25+,26-/m1/s1. The number of nitrogens with two attached hydrogens (primary N) is 2. The average Bonchev–Trinajstić information content (AvgIpc) is 3.29. The number of phenolic OH excluding ortho intramolecular Hbond substituents is 1. The van der Waals surface area contributed by atoms with Gasteiger partial charge < -0.3 is 36.1 Å². The third kappa shape index (κ3) is 10.4. The molecular formula is C31H48N4O6S2. The molecule has 1 aromatic rings. The molecule has 0 radical (unpaired) electrons. The van der Waals surface area contributed by atoms with Gasteiger partial charge in [0, 0.05) is 55.5 Å². The number of aryl methyl sites for hydroxylation is 1. The highest BCUT2D eigenvalue weighted by Gasteiger charge is 2.33. The van der Waals surface area contributed by atoms with Gasteiger partial charge >= 0.3 is 5.97 Å².